The fourth-order valence-electron chi connectivity index (χ4n) is 1.89. The molecule has 0 saturated carbocycles. The molecule has 2 N–H and O–H groups in total. The average Bonchev–Trinajstić information content (AvgIpc) is 2.97. The number of benzene rings is 1. The lowest BCUT2D eigenvalue weighted by atomic mass is 10.1. The summed E-state index contributed by atoms with van der Waals surface area (Å²) in [5.74, 6) is -3.13. The molecule has 0 aliphatic rings. The summed E-state index contributed by atoms with van der Waals surface area (Å²) in [6.07, 6.45) is 1.40. The number of hydrogen-bond donors (Lipinski definition) is 2. The summed E-state index contributed by atoms with van der Waals surface area (Å²) in [5.41, 5.74) is 0.354. The van der Waals surface area contributed by atoms with Crippen molar-refractivity contribution < 1.29 is 23.1 Å². The van der Waals surface area contributed by atoms with Gasteiger partial charge in [0.2, 0.25) is 5.91 Å². The fraction of sp³-hybridized carbons (Fsp3) is 0.214. The Morgan fingerprint density at radius 1 is 1.36 bits per heavy atom. The molecule has 1 aromatic carbocycles. The smallest absolute Gasteiger partial charge is 0.333 e. The summed E-state index contributed by atoms with van der Waals surface area (Å²) < 4.78 is 31.3. The Balaban J connectivity index is 2.19. The van der Waals surface area contributed by atoms with Crippen LogP contribution in [-0.4, -0.2) is 29.2 Å². The number of carbonyl (C=O) groups is 2. The summed E-state index contributed by atoms with van der Waals surface area (Å²) in [7, 11) is 1.11. The van der Waals surface area contributed by atoms with Crippen molar-refractivity contribution in [3.8, 4) is 0 Å². The molecule has 0 aliphatic carbocycles. The Morgan fingerprint density at radius 3 is 2.73 bits per heavy atom. The molecule has 1 unspecified atom stereocenters. The van der Waals surface area contributed by atoms with E-state index in [1.807, 2.05) is 0 Å². The van der Waals surface area contributed by atoms with Crippen molar-refractivity contribution in [2.45, 2.75) is 12.5 Å². The van der Waals surface area contributed by atoms with Crippen LogP contribution in [0.25, 0.3) is 0 Å². The maximum absolute atomic E-state index is 13.8. The zero-order chi connectivity index (χ0) is 16.1. The molecule has 2 rings (SSSR count). The quantitative estimate of drug-likeness (QED) is 0.815. The van der Waals surface area contributed by atoms with Gasteiger partial charge in [-0.05, 0) is 12.1 Å². The Hall–Kier alpha value is -2.77. The van der Waals surface area contributed by atoms with Gasteiger partial charge in [-0.1, -0.05) is 6.07 Å². The van der Waals surface area contributed by atoms with Gasteiger partial charge in [0.15, 0.2) is 6.04 Å². The van der Waals surface area contributed by atoms with Crippen LogP contribution < -0.4 is 5.32 Å². The largest absolute Gasteiger partial charge is 0.467 e. The molecule has 0 spiro atoms. The number of H-pyrrole nitrogens is 1. The average molecular weight is 309 g/mol. The second kappa shape index (κ2) is 6.79. The fourth-order valence-corrected chi connectivity index (χ4v) is 1.89. The van der Waals surface area contributed by atoms with Crippen molar-refractivity contribution in [1.29, 1.82) is 0 Å². The number of rotatable bonds is 5. The highest BCUT2D eigenvalue weighted by Gasteiger charge is 2.26. The molecule has 1 heterocycles. The first-order valence-electron chi connectivity index (χ1n) is 6.31. The van der Waals surface area contributed by atoms with Gasteiger partial charge >= 0.3 is 5.97 Å². The minimum Gasteiger partial charge on any atom is -0.467 e. The number of hydrogen-bond acceptors (Lipinski definition) is 4. The van der Waals surface area contributed by atoms with Crippen molar-refractivity contribution in [3.63, 3.8) is 0 Å². The van der Waals surface area contributed by atoms with E-state index in [1.165, 1.54) is 6.20 Å². The molecule has 8 heteroatoms. The first kappa shape index (κ1) is 15.6. The van der Waals surface area contributed by atoms with Crippen LogP contribution in [0, 0.1) is 11.6 Å². The van der Waals surface area contributed by atoms with Gasteiger partial charge in [0.1, 0.15) is 11.6 Å². The number of esters is 1. The Labute approximate surface area is 124 Å². The van der Waals surface area contributed by atoms with Crippen LogP contribution in [0.5, 0.6) is 0 Å². The van der Waals surface area contributed by atoms with Gasteiger partial charge < -0.3 is 10.1 Å². The van der Waals surface area contributed by atoms with Crippen molar-refractivity contribution in [2.75, 3.05) is 7.11 Å². The van der Waals surface area contributed by atoms with E-state index in [9.17, 15) is 18.4 Å². The molecular formula is C14H13F2N3O3. The van der Waals surface area contributed by atoms with Gasteiger partial charge in [0.25, 0.3) is 0 Å². The van der Waals surface area contributed by atoms with Gasteiger partial charge in [-0.15, -0.1) is 0 Å². The molecule has 0 fully saturated rings. The number of nitrogens with zero attached hydrogens (tertiary/aromatic N) is 1. The second-order valence-corrected chi connectivity index (χ2v) is 4.45. The van der Waals surface area contributed by atoms with E-state index in [0.29, 0.717) is 11.8 Å². The lowest BCUT2D eigenvalue weighted by Gasteiger charge is -2.17. The highest BCUT2D eigenvalue weighted by Crippen LogP contribution is 2.19. The van der Waals surface area contributed by atoms with Crippen LogP contribution in [-0.2, 0) is 20.7 Å². The molecule has 22 heavy (non-hydrogen) atoms. The van der Waals surface area contributed by atoms with E-state index in [0.717, 1.165) is 19.2 Å². The number of carbonyl (C=O) groups excluding carboxylic acids is 2. The summed E-state index contributed by atoms with van der Waals surface area (Å²) >= 11 is 0. The third-order valence-corrected chi connectivity index (χ3v) is 2.93. The first-order chi connectivity index (χ1) is 10.5. The monoisotopic (exact) mass is 309 g/mol. The molecule has 0 aliphatic heterocycles. The molecule has 0 saturated heterocycles. The highest BCUT2D eigenvalue weighted by molar-refractivity contribution is 5.86. The zero-order valence-corrected chi connectivity index (χ0v) is 11.6. The number of nitrogens with one attached hydrogen (secondary N) is 2. The van der Waals surface area contributed by atoms with Gasteiger partial charge in [0.05, 0.1) is 13.5 Å². The summed E-state index contributed by atoms with van der Waals surface area (Å²) in [5, 5.41) is 8.64. The zero-order valence-electron chi connectivity index (χ0n) is 11.6. The van der Waals surface area contributed by atoms with Gasteiger partial charge in [0, 0.05) is 23.5 Å². The maximum atomic E-state index is 13.8. The first-order valence-corrected chi connectivity index (χ1v) is 6.31. The van der Waals surface area contributed by atoms with Crippen molar-refractivity contribution in [3.05, 3.63) is 53.4 Å². The van der Waals surface area contributed by atoms with Crippen molar-refractivity contribution >= 4 is 11.9 Å². The van der Waals surface area contributed by atoms with E-state index in [1.54, 1.807) is 6.07 Å². The lowest BCUT2D eigenvalue weighted by molar-refractivity contribution is -0.145. The second-order valence-electron chi connectivity index (χ2n) is 4.45. The number of methoxy groups -OCH3 is 1. The molecule has 116 valence electrons. The number of aromatic nitrogens is 2. The maximum Gasteiger partial charge on any atom is 0.333 e. The number of ether oxygens (including phenoxy) is 1. The van der Waals surface area contributed by atoms with Crippen LogP contribution in [0.4, 0.5) is 8.78 Å². The molecule has 0 bridgehead atoms. The molecule has 1 aromatic heterocycles. The van der Waals surface area contributed by atoms with E-state index in [2.05, 4.69) is 20.3 Å². The lowest BCUT2D eigenvalue weighted by Crippen LogP contribution is -2.36. The normalized spacial score (nSPS) is 11.8. The predicted octanol–water partition coefficient (Wildman–Crippen LogP) is 1.26. The minimum atomic E-state index is -1.36. The SMILES string of the molecule is COC(=O)C(NC(=O)Cc1ccn[nH]1)c1ccc(F)cc1F. The molecule has 1 amide bonds. The van der Waals surface area contributed by atoms with Gasteiger partial charge in [-0.25, -0.2) is 13.6 Å². The Kier molecular flexibility index (Phi) is 4.82. The van der Waals surface area contributed by atoms with Crippen LogP contribution in [0.3, 0.4) is 0 Å². The Morgan fingerprint density at radius 2 is 2.14 bits per heavy atom. The van der Waals surface area contributed by atoms with Gasteiger partial charge in [-0.2, -0.15) is 5.10 Å². The van der Waals surface area contributed by atoms with Crippen molar-refractivity contribution in [2.24, 2.45) is 0 Å². The van der Waals surface area contributed by atoms with E-state index in [4.69, 9.17) is 0 Å². The van der Waals surface area contributed by atoms with E-state index >= 15 is 0 Å². The molecule has 1 atom stereocenters. The van der Waals surface area contributed by atoms with Crippen molar-refractivity contribution in [1.82, 2.24) is 15.5 Å². The third kappa shape index (κ3) is 3.66. The molecule has 6 nitrogen and oxygen atoms in total. The summed E-state index contributed by atoms with van der Waals surface area (Å²) in [6, 6.07) is 2.94. The molecular weight excluding hydrogens is 296 g/mol. The topological polar surface area (TPSA) is 84.1 Å². The van der Waals surface area contributed by atoms with Crippen LogP contribution >= 0.6 is 0 Å². The molecule has 0 radical (unpaired) electrons. The van der Waals surface area contributed by atoms with E-state index in [-0.39, 0.29) is 12.0 Å². The third-order valence-electron chi connectivity index (χ3n) is 2.93. The van der Waals surface area contributed by atoms with Crippen LogP contribution in [0.15, 0.2) is 30.5 Å². The highest BCUT2D eigenvalue weighted by atomic mass is 19.1. The number of halogens is 2. The summed E-state index contributed by atoms with van der Waals surface area (Å²) in [6.45, 7) is 0. The standard InChI is InChI=1S/C14H13F2N3O3/c1-22-14(21)13(10-3-2-8(15)6-11(10)16)18-12(20)7-9-4-5-17-19-9/h2-6,13H,7H2,1H3,(H,17,19)(H,18,20). The Bertz CT molecular complexity index is 674. The van der Waals surface area contributed by atoms with Gasteiger partial charge in [-0.3, -0.25) is 9.89 Å². The van der Waals surface area contributed by atoms with Crippen LogP contribution in [0.2, 0.25) is 0 Å². The summed E-state index contributed by atoms with van der Waals surface area (Å²) in [4.78, 5) is 23.7. The predicted molar refractivity (Wildman–Crippen MR) is 71.5 cm³/mol. The molecule has 2 aromatic rings. The minimum absolute atomic E-state index is 0.0731. The number of aromatic amines is 1. The van der Waals surface area contributed by atoms with E-state index < -0.39 is 29.6 Å². The van der Waals surface area contributed by atoms with Crippen LogP contribution in [0.1, 0.15) is 17.3 Å². The number of amides is 1.